The number of rotatable bonds is 10. The van der Waals surface area contributed by atoms with Crippen molar-refractivity contribution in [3.63, 3.8) is 0 Å². The van der Waals surface area contributed by atoms with Gasteiger partial charge in [0.05, 0.1) is 11.9 Å². The van der Waals surface area contributed by atoms with E-state index in [1.54, 1.807) is 49.4 Å². The number of benzene rings is 2. The SMILES string of the molecule is CCC(C)NC(=O)C(C)N(Cc1ccc(Cl)cc1Cl)C(=O)CN(c1ccc(Br)cc1)S(C)(=O)=O. The van der Waals surface area contributed by atoms with E-state index in [4.69, 9.17) is 23.2 Å². The smallest absolute Gasteiger partial charge is 0.244 e. The van der Waals surface area contributed by atoms with Crippen molar-refractivity contribution in [1.29, 1.82) is 0 Å². The molecule has 1 N–H and O–H groups in total. The van der Waals surface area contributed by atoms with Gasteiger partial charge in [-0.05, 0) is 62.2 Å². The van der Waals surface area contributed by atoms with Crippen LogP contribution in [0, 0.1) is 0 Å². The second-order valence-corrected chi connectivity index (χ2v) is 11.7. The van der Waals surface area contributed by atoms with Crippen molar-refractivity contribution in [3.8, 4) is 0 Å². The van der Waals surface area contributed by atoms with Crippen molar-refractivity contribution in [2.75, 3.05) is 17.1 Å². The first-order valence-corrected chi connectivity index (χ1v) is 14.0. The topological polar surface area (TPSA) is 86.8 Å². The molecule has 0 aromatic heterocycles. The Morgan fingerprint density at radius 2 is 1.71 bits per heavy atom. The van der Waals surface area contributed by atoms with Crippen LogP contribution in [0.1, 0.15) is 32.8 Å². The maximum atomic E-state index is 13.5. The van der Waals surface area contributed by atoms with Crippen molar-refractivity contribution in [1.82, 2.24) is 10.2 Å². The van der Waals surface area contributed by atoms with Crippen LogP contribution in [0.3, 0.4) is 0 Å². The Morgan fingerprint density at radius 1 is 1.09 bits per heavy atom. The summed E-state index contributed by atoms with van der Waals surface area (Å²) in [5.41, 5.74) is 0.914. The van der Waals surface area contributed by atoms with Crippen LogP contribution in [0.4, 0.5) is 5.69 Å². The predicted molar refractivity (Wildman–Crippen MR) is 141 cm³/mol. The molecule has 7 nitrogen and oxygen atoms in total. The zero-order valence-corrected chi connectivity index (χ0v) is 23.3. The van der Waals surface area contributed by atoms with E-state index in [2.05, 4.69) is 21.2 Å². The van der Waals surface area contributed by atoms with Crippen LogP contribution in [-0.4, -0.2) is 50.0 Å². The molecule has 186 valence electrons. The summed E-state index contributed by atoms with van der Waals surface area (Å²) in [5.74, 6) is -0.895. The van der Waals surface area contributed by atoms with Crippen molar-refractivity contribution in [2.24, 2.45) is 0 Å². The summed E-state index contributed by atoms with van der Waals surface area (Å²) in [4.78, 5) is 27.7. The molecule has 0 fully saturated rings. The van der Waals surface area contributed by atoms with Crippen molar-refractivity contribution in [2.45, 2.75) is 45.8 Å². The lowest BCUT2D eigenvalue weighted by Crippen LogP contribution is -2.52. The summed E-state index contributed by atoms with van der Waals surface area (Å²) in [7, 11) is -3.79. The molecule has 11 heteroatoms. The molecule has 2 rings (SSSR count). The van der Waals surface area contributed by atoms with E-state index in [1.807, 2.05) is 13.8 Å². The van der Waals surface area contributed by atoms with Crippen molar-refractivity contribution in [3.05, 3.63) is 62.5 Å². The van der Waals surface area contributed by atoms with Crippen molar-refractivity contribution < 1.29 is 18.0 Å². The second kappa shape index (κ2) is 12.2. The average Bonchev–Trinajstić information content (AvgIpc) is 2.76. The standard InChI is InChI=1S/C23H28BrCl2N3O4S/c1-5-15(2)27-23(31)16(3)28(13-17-6-9-19(25)12-21(17)26)22(30)14-29(34(4,32)33)20-10-7-18(24)8-11-20/h6-12,15-16H,5,13-14H2,1-4H3,(H,27,31). The van der Waals surface area contributed by atoms with Crippen LogP contribution in [0.15, 0.2) is 46.9 Å². The lowest BCUT2D eigenvalue weighted by Gasteiger charge is -2.32. The number of sulfonamides is 1. The molecule has 2 aromatic carbocycles. The van der Waals surface area contributed by atoms with Gasteiger partial charge in [0.2, 0.25) is 21.8 Å². The molecular formula is C23H28BrCl2N3O4S. The van der Waals surface area contributed by atoms with Gasteiger partial charge in [-0.2, -0.15) is 0 Å². The number of anilines is 1. The van der Waals surface area contributed by atoms with E-state index >= 15 is 0 Å². The van der Waals surface area contributed by atoms with Gasteiger partial charge in [0.1, 0.15) is 12.6 Å². The summed E-state index contributed by atoms with van der Waals surface area (Å²) in [5, 5.41) is 3.65. The molecule has 34 heavy (non-hydrogen) atoms. The first kappa shape index (κ1) is 28.4. The molecule has 2 atom stereocenters. The maximum absolute atomic E-state index is 13.5. The number of carbonyl (C=O) groups is 2. The number of hydrogen-bond acceptors (Lipinski definition) is 4. The number of nitrogens with zero attached hydrogens (tertiary/aromatic N) is 2. The monoisotopic (exact) mass is 591 g/mol. The van der Waals surface area contributed by atoms with E-state index in [0.717, 1.165) is 21.5 Å². The summed E-state index contributed by atoms with van der Waals surface area (Å²) in [6.07, 6.45) is 1.75. The second-order valence-electron chi connectivity index (χ2n) is 8.00. The average molecular weight is 593 g/mol. The molecule has 0 aliphatic rings. The third-order valence-electron chi connectivity index (χ3n) is 5.32. The minimum atomic E-state index is -3.79. The first-order valence-electron chi connectivity index (χ1n) is 10.6. The van der Waals surface area contributed by atoms with Gasteiger partial charge >= 0.3 is 0 Å². The molecule has 0 radical (unpaired) electrons. The fourth-order valence-electron chi connectivity index (χ4n) is 3.10. The molecule has 2 unspecified atom stereocenters. The highest BCUT2D eigenvalue weighted by Gasteiger charge is 2.30. The van der Waals surface area contributed by atoms with E-state index in [0.29, 0.717) is 21.3 Å². The molecule has 2 aromatic rings. The molecule has 0 spiro atoms. The molecule has 0 bridgehead atoms. The highest BCUT2D eigenvalue weighted by molar-refractivity contribution is 9.10. The normalized spacial score (nSPS) is 13.1. The molecular weight excluding hydrogens is 565 g/mol. The third-order valence-corrected chi connectivity index (χ3v) is 7.57. The van der Waals surface area contributed by atoms with Crippen LogP contribution in [0.25, 0.3) is 0 Å². The zero-order valence-electron chi connectivity index (χ0n) is 19.4. The van der Waals surface area contributed by atoms with Gasteiger partial charge in [-0.3, -0.25) is 13.9 Å². The van der Waals surface area contributed by atoms with Gasteiger partial charge in [0, 0.05) is 27.1 Å². The summed E-state index contributed by atoms with van der Waals surface area (Å²) in [6, 6.07) is 10.5. The Morgan fingerprint density at radius 3 is 2.24 bits per heavy atom. The van der Waals surface area contributed by atoms with Gasteiger partial charge in [-0.1, -0.05) is 52.1 Å². The fourth-order valence-corrected chi connectivity index (χ4v) is 4.68. The highest BCUT2D eigenvalue weighted by atomic mass is 79.9. The number of amides is 2. The van der Waals surface area contributed by atoms with E-state index < -0.39 is 28.5 Å². The molecule has 0 saturated carbocycles. The minimum absolute atomic E-state index is 0.00185. The number of carbonyl (C=O) groups excluding carboxylic acids is 2. The van der Waals surface area contributed by atoms with Crippen LogP contribution in [0.5, 0.6) is 0 Å². The lowest BCUT2D eigenvalue weighted by atomic mass is 10.1. The Labute approximate surface area is 219 Å². The molecule has 0 aliphatic heterocycles. The summed E-state index contributed by atoms with van der Waals surface area (Å²) in [6.45, 7) is 4.93. The van der Waals surface area contributed by atoms with E-state index in [9.17, 15) is 18.0 Å². The van der Waals surface area contributed by atoms with Gasteiger partial charge in [0.15, 0.2) is 0 Å². The summed E-state index contributed by atoms with van der Waals surface area (Å²) >= 11 is 15.6. The third kappa shape index (κ3) is 7.86. The Kier molecular flexibility index (Phi) is 10.2. The number of nitrogens with one attached hydrogen (secondary N) is 1. The molecule has 0 saturated heterocycles. The van der Waals surface area contributed by atoms with Gasteiger partial charge in [0.25, 0.3) is 0 Å². The Balaban J connectivity index is 2.41. The van der Waals surface area contributed by atoms with E-state index in [-0.39, 0.29) is 18.5 Å². The first-order chi connectivity index (χ1) is 15.8. The van der Waals surface area contributed by atoms with Crippen LogP contribution < -0.4 is 9.62 Å². The lowest BCUT2D eigenvalue weighted by molar-refractivity contribution is -0.139. The number of halogens is 3. The number of hydrogen-bond donors (Lipinski definition) is 1. The van der Waals surface area contributed by atoms with Gasteiger partial charge in [-0.25, -0.2) is 8.42 Å². The maximum Gasteiger partial charge on any atom is 0.244 e. The van der Waals surface area contributed by atoms with Crippen LogP contribution in [0.2, 0.25) is 10.0 Å². The molecule has 0 heterocycles. The fraction of sp³-hybridized carbons (Fsp3) is 0.391. The Hall–Kier alpha value is -1.81. The van der Waals surface area contributed by atoms with Crippen LogP contribution in [-0.2, 0) is 26.2 Å². The highest BCUT2D eigenvalue weighted by Crippen LogP contribution is 2.25. The summed E-state index contributed by atoms with van der Waals surface area (Å²) < 4.78 is 26.9. The molecule has 2 amide bonds. The predicted octanol–water partition coefficient (Wildman–Crippen LogP) is 4.85. The zero-order chi connectivity index (χ0) is 25.6. The van der Waals surface area contributed by atoms with Crippen LogP contribution >= 0.6 is 39.1 Å². The van der Waals surface area contributed by atoms with E-state index in [1.165, 1.54) is 4.90 Å². The van der Waals surface area contributed by atoms with Crippen molar-refractivity contribution >= 4 is 66.7 Å². The minimum Gasteiger partial charge on any atom is -0.352 e. The molecule has 0 aliphatic carbocycles. The van der Waals surface area contributed by atoms with Gasteiger partial charge < -0.3 is 10.2 Å². The largest absolute Gasteiger partial charge is 0.352 e. The van der Waals surface area contributed by atoms with Gasteiger partial charge in [-0.15, -0.1) is 0 Å². The Bertz CT molecular complexity index is 1130. The quantitative estimate of drug-likeness (QED) is 0.427.